The monoisotopic (exact) mass is 484 g/mol. The first-order chi connectivity index (χ1) is 16.8. The van der Waals surface area contributed by atoms with Gasteiger partial charge in [-0.2, -0.15) is 0 Å². The number of hydrogen-bond acceptors (Lipinski definition) is 6. The minimum absolute atomic E-state index is 0.0907. The lowest BCUT2D eigenvalue weighted by Crippen LogP contribution is -2.45. The van der Waals surface area contributed by atoms with E-state index in [2.05, 4.69) is 22.2 Å². The van der Waals surface area contributed by atoms with Crippen LogP contribution < -0.4 is 24.6 Å². The van der Waals surface area contributed by atoms with Crippen molar-refractivity contribution >= 4 is 23.2 Å². The number of amides is 2. The average Bonchev–Trinajstić information content (AvgIpc) is 3.25. The molecule has 2 aromatic rings. The zero-order valence-corrected chi connectivity index (χ0v) is 20.7. The van der Waals surface area contributed by atoms with Gasteiger partial charge < -0.3 is 29.5 Å². The second-order valence-electron chi connectivity index (χ2n) is 9.17. The largest absolute Gasteiger partial charge is 0.497 e. The standard InChI is InChI=1S/C26H33FN4O4/c1-17(21-14-19(27)5-7-22(21)30-11-9-29(2)10-12-30)28-26(33)18-13-25(32)31(16-18)23-15-20(34-3)6-8-24(23)35-4/h5-8,14-15,17-18H,9-13,16H2,1-4H3,(H,28,33). The molecule has 0 aliphatic carbocycles. The Morgan fingerprint density at radius 1 is 1.06 bits per heavy atom. The number of ether oxygens (including phenoxy) is 2. The summed E-state index contributed by atoms with van der Waals surface area (Å²) in [6.07, 6.45) is 0.0907. The summed E-state index contributed by atoms with van der Waals surface area (Å²) in [6.45, 7) is 5.60. The van der Waals surface area contributed by atoms with E-state index in [1.54, 1.807) is 36.3 Å². The highest BCUT2D eigenvalue weighted by Gasteiger charge is 2.37. The minimum Gasteiger partial charge on any atom is -0.497 e. The topological polar surface area (TPSA) is 74.4 Å². The summed E-state index contributed by atoms with van der Waals surface area (Å²) in [5, 5.41) is 3.02. The first-order valence-electron chi connectivity index (χ1n) is 11.9. The van der Waals surface area contributed by atoms with Crippen molar-refractivity contribution < 1.29 is 23.5 Å². The van der Waals surface area contributed by atoms with E-state index in [0.717, 1.165) is 37.4 Å². The molecule has 188 valence electrons. The molecule has 2 aromatic carbocycles. The highest BCUT2D eigenvalue weighted by atomic mass is 19.1. The lowest BCUT2D eigenvalue weighted by atomic mass is 10.0. The van der Waals surface area contributed by atoms with Crippen LogP contribution in [0.1, 0.15) is 24.9 Å². The molecular formula is C26H33FN4O4. The molecule has 35 heavy (non-hydrogen) atoms. The van der Waals surface area contributed by atoms with Gasteiger partial charge in [-0.25, -0.2) is 4.39 Å². The summed E-state index contributed by atoms with van der Waals surface area (Å²) in [6, 6.07) is 9.55. The van der Waals surface area contributed by atoms with Gasteiger partial charge in [0.15, 0.2) is 0 Å². The number of rotatable bonds is 7. The third-order valence-corrected chi connectivity index (χ3v) is 6.83. The molecule has 2 aliphatic heterocycles. The first kappa shape index (κ1) is 24.8. The molecule has 1 N–H and O–H groups in total. The van der Waals surface area contributed by atoms with Gasteiger partial charge in [0.05, 0.1) is 31.9 Å². The molecular weight excluding hydrogens is 451 g/mol. The van der Waals surface area contributed by atoms with Crippen molar-refractivity contribution in [3.05, 3.63) is 47.8 Å². The van der Waals surface area contributed by atoms with Crippen LogP contribution in [-0.4, -0.2) is 70.7 Å². The maximum Gasteiger partial charge on any atom is 0.227 e. The SMILES string of the molecule is COc1ccc(OC)c(N2CC(C(=O)NC(C)c3cc(F)ccc3N3CCN(C)CC3)CC2=O)c1. The molecule has 2 atom stereocenters. The molecule has 0 spiro atoms. The van der Waals surface area contributed by atoms with Crippen molar-refractivity contribution in [2.75, 3.05) is 63.8 Å². The van der Waals surface area contributed by atoms with E-state index in [0.29, 0.717) is 17.2 Å². The van der Waals surface area contributed by atoms with Gasteiger partial charge in [0, 0.05) is 56.5 Å². The van der Waals surface area contributed by atoms with Crippen molar-refractivity contribution in [2.45, 2.75) is 19.4 Å². The fourth-order valence-corrected chi connectivity index (χ4v) is 4.74. The molecule has 2 amide bonds. The molecule has 0 saturated carbocycles. The molecule has 0 bridgehead atoms. The Balaban J connectivity index is 1.48. The van der Waals surface area contributed by atoms with Crippen LogP contribution in [0.25, 0.3) is 0 Å². The van der Waals surface area contributed by atoms with Crippen LogP contribution in [-0.2, 0) is 9.59 Å². The molecule has 0 radical (unpaired) electrons. The fraction of sp³-hybridized carbons (Fsp3) is 0.462. The van der Waals surface area contributed by atoms with Crippen LogP contribution in [0.4, 0.5) is 15.8 Å². The number of nitrogens with one attached hydrogen (secondary N) is 1. The Bertz CT molecular complexity index is 1090. The third kappa shape index (κ3) is 5.35. The fourth-order valence-electron chi connectivity index (χ4n) is 4.74. The Labute approximate surface area is 205 Å². The molecule has 2 saturated heterocycles. The number of nitrogens with zero attached hydrogens (tertiary/aromatic N) is 3. The zero-order chi connectivity index (χ0) is 25.1. The number of benzene rings is 2. The van der Waals surface area contributed by atoms with Crippen LogP contribution in [0, 0.1) is 11.7 Å². The van der Waals surface area contributed by atoms with Crippen LogP contribution in [0.2, 0.25) is 0 Å². The number of methoxy groups -OCH3 is 2. The van der Waals surface area contributed by atoms with Gasteiger partial charge in [-0.15, -0.1) is 0 Å². The summed E-state index contributed by atoms with van der Waals surface area (Å²) < 4.78 is 24.9. The summed E-state index contributed by atoms with van der Waals surface area (Å²) >= 11 is 0. The lowest BCUT2D eigenvalue weighted by Gasteiger charge is -2.36. The van der Waals surface area contributed by atoms with Gasteiger partial charge in [0.1, 0.15) is 17.3 Å². The van der Waals surface area contributed by atoms with Gasteiger partial charge in [-0.1, -0.05) is 0 Å². The van der Waals surface area contributed by atoms with E-state index in [-0.39, 0.29) is 30.6 Å². The minimum atomic E-state index is -0.526. The number of carbonyl (C=O) groups is 2. The number of piperazine rings is 1. The van der Waals surface area contributed by atoms with Gasteiger partial charge >= 0.3 is 0 Å². The molecule has 4 rings (SSSR count). The third-order valence-electron chi connectivity index (χ3n) is 6.83. The lowest BCUT2D eigenvalue weighted by molar-refractivity contribution is -0.126. The van der Waals surface area contributed by atoms with Crippen molar-refractivity contribution in [3.8, 4) is 11.5 Å². The maximum atomic E-state index is 14.2. The van der Waals surface area contributed by atoms with Gasteiger partial charge in [0.25, 0.3) is 0 Å². The maximum absolute atomic E-state index is 14.2. The Hall–Kier alpha value is -3.33. The molecule has 2 fully saturated rings. The molecule has 8 nitrogen and oxygen atoms in total. The van der Waals surface area contributed by atoms with Crippen LogP contribution in [0.15, 0.2) is 36.4 Å². The number of carbonyl (C=O) groups excluding carboxylic acids is 2. The molecule has 2 aliphatic rings. The number of likely N-dealkylation sites (N-methyl/N-ethyl adjacent to an activating group) is 1. The van der Waals surface area contributed by atoms with E-state index in [1.165, 1.54) is 19.2 Å². The van der Waals surface area contributed by atoms with Crippen molar-refractivity contribution in [2.24, 2.45) is 5.92 Å². The Morgan fingerprint density at radius 2 is 1.80 bits per heavy atom. The highest BCUT2D eigenvalue weighted by Crippen LogP contribution is 2.36. The van der Waals surface area contributed by atoms with E-state index in [4.69, 9.17) is 9.47 Å². The number of halogens is 1. The molecule has 2 heterocycles. The van der Waals surface area contributed by atoms with E-state index in [9.17, 15) is 14.0 Å². The zero-order valence-electron chi connectivity index (χ0n) is 20.7. The number of anilines is 2. The van der Waals surface area contributed by atoms with Crippen LogP contribution in [0.3, 0.4) is 0 Å². The molecule has 2 unspecified atom stereocenters. The predicted octanol–water partition coefficient (Wildman–Crippen LogP) is 2.83. The van der Waals surface area contributed by atoms with E-state index < -0.39 is 12.0 Å². The van der Waals surface area contributed by atoms with E-state index >= 15 is 0 Å². The number of hydrogen-bond donors (Lipinski definition) is 1. The average molecular weight is 485 g/mol. The van der Waals surface area contributed by atoms with E-state index in [1.807, 2.05) is 6.92 Å². The second kappa shape index (κ2) is 10.5. The van der Waals surface area contributed by atoms with Crippen molar-refractivity contribution in [1.29, 1.82) is 0 Å². The van der Waals surface area contributed by atoms with Gasteiger partial charge in [-0.05, 0) is 44.3 Å². The Morgan fingerprint density at radius 3 is 2.49 bits per heavy atom. The highest BCUT2D eigenvalue weighted by molar-refractivity contribution is 6.01. The molecule has 9 heteroatoms. The summed E-state index contributed by atoms with van der Waals surface area (Å²) in [5.41, 5.74) is 2.23. The summed E-state index contributed by atoms with van der Waals surface area (Å²) in [5.74, 6) is -0.132. The van der Waals surface area contributed by atoms with Crippen LogP contribution >= 0.6 is 0 Å². The normalized spacial score (nSPS) is 19.6. The summed E-state index contributed by atoms with van der Waals surface area (Å²) in [4.78, 5) is 32.1. The Kier molecular flexibility index (Phi) is 7.45. The van der Waals surface area contributed by atoms with Gasteiger partial charge in [-0.3, -0.25) is 9.59 Å². The molecule has 0 aromatic heterocycles. The van der Waals surface area contributed by atoms with Crippen molar-refractivity contribution in [3.63, 3.8) is 0 Å². The quantitative estimate of drug-likeness (QED) is 0.652. The van der Waals surface area contributed by atoms with Crippen LogP contribution in [0.5, 0.6) is 11.5 Å². The van der Waals surface area contributed by atoms with Crippen molar-refractivity contribution in [1.82, 2.24) is 10.2 Å². The summed E-state index contributed by atoms with van der Waals surface area (Å²) in [7, 11) is 5.17. The predicted molar refractivity (Wildman–Crippen MR) is 133 cm³/mol. The van der Waals surface area contributed by atoms with Gasteiger partial charge in [0.2, 0.25) is 11.8 Å². The first-order valence-corrected chi connectivity index (χ1v) is 11.9. The second-order valence-corrected chi connectivity index (χ2v) is 9.17. The smallest absolute Gasteiger partial charge is 0.227 e.